The molecule has 11 heteroatoms. The highest BCUT2D eigenvalue weighted by molar-refractivity contribution is 6.45. The number of rotatable bonds is 8. The van der Waals surface area contributed by atoms with Crippen LogP contribution in [0.1, 0.15) is 34.1 Å². The zero-order valence-electron chi connectivity index (χ0n) is 21.1. The molecule has 0 aliphatic carbocycles. The van der Waals surface area contributed by atoms with E-state index in [9.17, 15) is 24.0 Å². The second-order valence-electron chi connectivity index (χ2n) is 9.16. The van der Waals surface area contributed by atoms with Gasteiger partial charge in [-0.05, 0) is 32.2 Å². The Morgan fingerprint density at radius 1 is 1.05 bits per heavy atom. The van der Waals surface area contributed by atoms with E-state index in [-0.39, 0.29) is 30.5 Å². The van der Waals surface area contributed by atoms with Crippen LogP contribution in [0.4, 0.5) is 5.69 Å². The van der Waals surface area contributed by atoms with E-state index in [0.717, 1.165) is 0 Å². The predicted molar refractivity (Wildman–Crippen MR) is 140 cm³/mol. The molecule has 0 spiro atoms. The van der Waals surface area contributed by atoms with Gasteiger partial charge in [0.15, 0.2) is 0 Å². The summed E-state index contributed by atoms with van der Waals surface area (Å²) in [5, 5.41) is 14.8. The molecular weight excluding hydrogens is 490 g/mol. The van der Waals surface area contributed by atoms with Gasteiger partial charge in [0, 0.05) is 42.8 Å². The lowest BCUT2D eigenvalue weighted by Gasteiger charge is -2.39. The van der Waals surface area contributed by atoms with Gasteiger partial charge in [-0.2, -0.15) is 0 Å². The molecule has 0 saturated carbocycles. The average molecular weight is 520 g/mol. The third-order valence-corrected chi connectivity index (χ3v) is 6.66. The van der Waals surface area contributed by atoms with E-state index in [1.807, 2.05) is 6.07 Å². The van der Waals surface area contributed by atoms with E-state index in [0.29, 0.717) is 35.2 Å². The quantitative estimate of drug-likeness (QED) is 0.261. The molecule has 3 amide bonds. The number of aromatic nitrogens is 1. The SMILES string of the molecule is CNC(CC(=O)Nc1cccc2c(C(=O)C(=O)N3CCN(C(=O)c4ccccc4)CC3C)c[nH]c12)C(=O)O. The van der Waals surface area contributed by atoms with Gasteiger partial charge in [0.25, 0.3) is 17.6 Å². The summed E-state index contributed by atoms with van der Waals surface area (Å²) >= 11 is 0. The number of para-hydroxylation sites is 1. The molecule has 4 rings (SSSR count). The maximum Gasteiger partial charge on any atom is 0.321 e. The standard InChI is InChI=1S/C27H29N5O6/c1-16-15-31(25(35)17-7-4-3-5-8-17)11-12-32(16)26(36)24(34)19-14-29-23-18(19)9-6-10-20(23)30-22(33)13-21(28-2)27(37)38/h3-10,14,16,21,28-29H,11-13,15H2,1-2H3,(H,30,33)(H,37,38). The van der Waals surface area contributed by atoms with E-state index in [1.165, 1.54) is 18.1 Å². The first kappa shape index (κ1) is 26.6. The third-order valence-electron chi connectivity index (χ3n) is 6.66. The zero-order chi connectivity index (χ0) is 27.4. The van der Waals surface area contributed by atoms with E-state index < -0.39 is 29.6 Å². The highest BCUT2D eigenvalue weighted by Gasteiger charge is 2.34. The van der Waals surface area contributed by atoms with Crippen LogP contribution in [0.25, 0.3) is 10.9 Å². The number of nitrogens with one attached hydrogen (secondary N) is 3. The molecule has 0 radical (unpaired) electrons. The Labute approximate surface area is 218 Å². The van der Waals surface area contributed by atoms with Crippen LogP contribution in [-0.4, -0.2) is 88.1 Å². The van der Waals surface area contributed by atoms with Gasteiger partial charge in [-0.3, -0.25) is 24.0 Å². The number of carboxylic acids is 1. The van der Waals surface area contributed by atoms with Gasteiger partial charge in [-0.25, -0.2) is 0 Å². The molecule has 1 fully saturated rings. The van der Waals surface area contributed by atoms with Crippen LogP contribution < -0.4 is 10.6 Å². The first-order valence-corrected chi connectivity index (χ1v) is 12.2. The van der Waals surface area contributed by atoms with E-state index >= 15 is 0 Å². The van der Waals surface area contributed by atoms with Crippen molar-refractivity contribution in [3.8, 4) is 0 Å². The second-order valence-corrected chi connectivity index (χ2v) is 9.16. The monoisotopic (exact) mass is 519 g/mol. The van der Waals surface area contributed by atoms with Gasteiger partial charge >= 0.3 is 5.97 Å². The molecule has 1 saturated heterocycles. The van der Waals surface area contributed by atoms with Gasteiger partial charge in [-0.1, -0.05) is 30.3 Å². The van der Waals surface area contributed by atoms with Gasteiger partial charge in [0.2, 0.25) is 5.91 Å². The Morgan fingerprint density at radius 3 is 2.45 bits per heavy atom. The molecule has 198 valence electrons. The number of H-pyrrole nitrogens is 1. The van der Waals surface area contributed by atoms with Crippen LogP contribution in [0.2, 0.25) is 0 Å². The van der Waals surface area contributed by atoms with Crippen molar-refractivity contribution >= 4 is 46.1 Å². The normalized spacial score (nSPS) is 16.2. The van der Waals surface area contributed by atoms with E-state index in [4.69, 9.17) is 5.11 Å². The number of likely N-dealkylation sites (N-methyl/N-ethyl adjacent to an activating group) is 1. The average Bonchev–Trinajstić information content (AvgIpc) is 3.36. The topological polar surface area (TPSA) is 152 Å². The minimum absolute atomic E-state index is 0.119. The summed E-state index contributed by atoms with van der Waals surface area (Å²) in [6, 6.07) is 12.4. The van der Waals surface area contributed by atoms with Crippen molar-refractivity contribution in [1.82, 2.24) is 20.1 Å². The highest BCUT2D eigenvalue weighted by Crippen LogP contribution is 2.27. The Kier molecular flexibility index (Phi) is 7.87. The van der Waals surface area contributed by atoms with Crippen molar-refractivity contribution in [1.29, 1.82) is 0 Å². The summed E-state index contributed by atoms with van der Waals surface area (Å²) in [4.78, 5) is 69.0. The van der Waals surface area contributed by atoms with Crippen LogP contribution >= 0.6 is 0 Å². The van der Waals surface area contributed by atoms with Crippen molar-refractivity contribution in [3.05, 3.63) is 65.9 Å². The van der Waals surface area contributed by atoms with Crippen LogP contribution in [-0.2, 0) is 14.4 Å². The van der Waals surface area contributed by atoms with Crippen molar-refractivity contribution in [3.63, 3.8) is 0 Å². The number of anilines is 1. The summed E-state index contributed by atoms with van der Waals surface area (Å²) in [6.45, 7) is 2.64. The number of carboxylic acid groups (broad SMARTS) is 1. The number of hydrogen-bond acceptors (Lipinski definition) is 6. The number of ketones is 1. The summed E-state index contributed by atoms with van der Waals surface area (Å²) in [7, 11) is 1.45. The number of carbonyl (C=O) groups is 5. The second kappa shape index (κ2) is 11.3. The lowest BCUT2D eigenvalue weighted by molar-refractivity contribution is -0.140. The molecule has 38 heavy (non-hydrogen) atoms. The Balaban J connectivity index is 1.46. The molecule has 1 aliphatic rings. The lowest BCUT2D eigenvalue weighted by Crippen LogP contribution is -2.56. The Hall–Kier alpha value is -4.51. The van der Waals surface area contributed by atoms with Crippen LogP contribution in [0.5, 0.6) is 0 Å². The van der Waals surface area contributed by atoms with Crippen LogP contribution in [0, 0.1) is 0 Å². The van der Waals surface area contributed by atoms with Gasteiger partial charge < -0.3 is 30.5 Å². The number of fused-ring (bicyclic) bond motifs is 1. The molecule has 3 aromatic rings. The smallest absolute Gasteiger partial charge is 0.321 e. The first-order chi connectivity index (χ1) is 18.2. The molecular formula is C27H29N5O6. The van der Waals surface area contributed by atoms with Crippen molar-refractivity contribution in [2.45, 2.75) is 25.4 Å². The minimum Gasteiger partial charge on any atom is -0.480 e. The number of amides is 3. The molecule has 0 bridgehead atoms. The number of carbonyl (C=O) groups excluding carboxylic acids is 4. The number of Topliss-reactive ketones (excluding diaryl/α,β-unsaturated/α-hetero) is 1. The fourth-order valence-electron chi connectivity index (χ4n) is 4.60. The Morgan fingerprint density at radius 2 is 1.79 bits per heavy atom. The molecule has 11 nitrogen and oxygen atoms in total. The first-order valence-electron chi connectivity index (χ1n) is 12.2. The fourth-order valence-corrected chi connectivity index (χ4v) is 4.60. The van der Waals surface area contributed by atoms with Crippen molar-refractivity contribution in [2.24, 2.45) is 0 Å². The number of hydrogen-bond donors (Lipinski definition) is 4. The molecule has 2 unspecified atom stereocenters. The summed E-state index contributed by atoms with van der Waals surface area (Å²) in [5.74, 6) is -3.15. The number of benzene rings is 2. The van der Waals surface area contributed by atoms with Gasteiger partial charge in [-0.15, -0.1) is 0 Å². The minimum atomic E-state index is -1.15. The summed E-state index contributed by atoms with van der Waals surface area (Å²) in [5.41, 5.74) is 1.54. The lowest BCUT2D eigenvalue weighted by atomic mass is 10.1. The fraction of sp³-hybridized carbons (Fsp3) is 0.296. The molecule has 4 N–H and O–H groups in total. The number of aromatic amines is 1. The molecule has 2 atom stereocenters. The number of nitrogens with zero attached hydrogens (tertiary/aromatic N) is 2. The largest absolute Gasteiger partial charge is 0.480 e. The third kappa shape index (κ3) is 5.42. The van der Waals surface area contributed by atoms with E-state index in [2.05, 4.69) is 15.6 Å². The Bertz CT molecular complexity index is 1390. The number of aliphatic carboxylic acids is 1. The molecule has 2 aromatic carbocycles. The molecule has 1 aromatic heterocycles. The maximum absolute atomic E-state index is 13.2. The number of piperazine rings is 1. The van der Waals surface area contributed by atoms with Crippen molar-refractivity contribution in [2.75, 3.05) is 32.0 Å². The van der Waals surface area contributed by atoms with Crippen molar-refractivity contribution < 1.29 is 29.1 Å². The van der Waals surface area contributed by atoms with Crippen LogP contribution in [0.3, 0.4) is 0 Å². The highest BCUT2D eigenvalue weighted by atomic mass is 16.4. The van der Waals surface area contributed by atoms with Gasteiger partial charge in [0.05, 0.1) is 23.2 Å². The van der Waals surface area contributed by atoms with Gasteiger partial charge in [0.1, 0.15) is 6.04 Å². The summed E-state index contributed by atoms with van der Waals surface area (Å²) in [6.07, 6.45) is 1.14. The maximum atomic E-state index is 13.2. The van der Waals surface area contributed by atoms with E-state index in [1.54, 1.807) is 54.3 Å². The zero-order valence-corrected chi connectivity index (χ0v) is 21.1. The summed E-state index contributed by atoms with van der Waals surface area (Å²) < 4.78 is 0. The molecule has 2 heterocycles. The van der Waals surface area contributed by atoms with Crippen LogP contribution in [0.15, 0.2) is 54.7 Å². The molecule has 1 aliphatic heterocycles. The predicted octanol–water partition coefficient (Wildman–Crippen LogP) is 1.72.